The second-order valence-corrected chi connectivity index (χ2v) is 5.13. The van der Waals surface area contributed by atoms with Crippen LogP contribution in [0.3, 0.4) is 0 Å². The monoisotopic (exact) mass is 262 g/mol. The van der Waals surface area contributed by atoms with Crippen molar-refractivity contribution in [1.82, 2.24) is 5.16 Å². The zero-order valence-electron chi connectivity index (χ0n) is 10.1. The molecular weight excluding hydrogens is 248 g/mol. The molecule has 0 aliphatic rings. The van der Waals surface area contributed by atoms with Crippen molar-refractivity contribution in [3.05, 3.63) is 29.8 Å². The molecule has 94 valence electrons. The second-order valence-electron chi connectivity index (χ2n) is 3.85. The Kier molecular flexibility index (Phi) is 4.04. The highest BCUT2D eigenvalue weighted by molar-refractivity contribution is 8.13. The predicted molar refractivity (Wildman–Crippen MR) is 75.2 cm³/mol. The summed E-state index contributed by atoms with van der Waals surface area (Å²) < 4.78 is 5.03. The fourth-order valence-corrected chi connectivity index (χ4v) is 2.11. The Hall–Kier alpha value is -1.75. The average molecular weight is 262 g/mol. The minimum atomic E-state index is 0.155. The molecule has 0 atom stereocenters. The normalized spacial score (nSPS) is 11.4. The maximum Gasteiger partial charge on any atom is 0.185 e. The standard InChI is InChI=1S/C13H14N2O2S/c1-9(16)18-7-3-2-4-10-5-6-12-11(8-10)13(14)15-17-12/h2,4-6,8H,3,7H2,1H3,(H2,14,15). The molecule has 1 heterocycles. The van der Waals surface area contributed by atoms with Crippen LogP contribution in [0.1, 0.15) is 18.9 Å². The van der Waals surface area contributed by atoms with Crippen molar-refractivity contribution in [3.8, 4) is 0 Å². The minimum absolute atomic E-state index is 0.155. The maximum atomic E-state index is 10.7. The van der Waals surface area contributed by atoms with Crippen molar-refractivity contribution < 1.29 is 9.32 Å². The topological polar surface area (TPSA) is 69.1 Å². The van der Waals surface area contributed by atoms with Gasteiger partial charge in [-0.05, 0) is 24.1 Å². The summed E-state index contributed by atoms with van der Waals surface area (Å²) in [5.41, 5.74) is 7.42. The van der Waals surface area contributed by atoms with Crippen molar-refractivity contribution in [1.29, 1.82) is 0 Å². The number of fused-ring (bicyclic) bond motifs is 1. The molecule has 0 unspecified atom stereocenters. The van der Waals surface area contributed by atoms with Gasteiger partial charge in [0.15, 0.2) is 16.5 Å². The molecule has 2 N–H and O–H groups in total. The molecule has 2 rings (SSSR count). The van der Waals surface area contributed by atoms with Gasteiger partial charge in [0, 0.05) is 12.7 Å². The van der Waals surface area contributed by atoms with Crippen molar-refractivity contribution >= 4 is 39.7 Å². The molecule has 0 radical (unpaired) electrons. The van der Waals surface area contributed by atoms with E-state index in [1.807, 2.05) is 30.4 Å². The minimum Gasteiger partial charge on any atom is -0.380 e. The fourth-order valence-electron chi connectivity index (χ4n) is 1.57. The number of allylic oxidation sites excluding steroid dienone is 1. The van der Waals surface area contributed by atoms with E-state index in [2.05, 4.69) is 5.16 Å². The molecule has 4 nitrogen and oxygen atoms in total. The highest BCUT2D eigenvalue weighted by atomic mass is 32.2. The molecule has 0 amide bonds. The number of hydrogen-bond donors (Lipinski definition) is 1. The molecule has 5 heteroatoms. The molecule has 0 fully saturated rings. The lowest BCUT2D eigenvalue weighted by Gasteiger charge is -1.94. The molecule has 1 aromatic carbocycles. The molecule has 0 aliphatic heterocycles. The van der Waals surface area contributed by atoms with E-state index in [1.54, 1.807) is 6.92 Å². The first-order valence-electron chi connectivity index (χ1n) is 5.61. The lowest BCUT2D eigenvalue weighted by molar-refractivity contribution is -0.109. The third-order valence-electron chi connectivity index (χ3n) is 2.42. The summed E-state index contributed by atoms with van der Waals surface area (Å²) in [5, 5.41) is 4.69. The summed E-state index contributed by atoms with van der Waals surface area (Å²) in [6, 6.07) is 5.74. The van der Waals surface area contributed by atoms with Crippen LogP contribution in [0.4, 0.5) is 5.82 Å². The van der Waals surface area contributed by atoms with E-state index in [1.165, 1.54) is 11.8 Å². The molecule has 2 aromatic rings. The number of nitrogens with zero attached hydrogens (tertiary/aromatic N) is 1. The van der Waals surface area contributed by atoms with Gasteiger partial charge in [-0.1, -0.05) is 35.1 Å². The number of aromatic nitrogens is 1. The Morgan fingerprint density at radius 1 is 1.56 bits per heavy atom. The number of hydrogen-bond acceptors (Lipinski definition) is 5. The molecule has 1 aromatic heterocycles. The van der Waals surface area contributed by atoms with E-state index in [9.17, 15) is 4.79 Å². The van der Waals surface area contributed by atoms with Gasteiger partial charge >= 0.3 is 0 Å². The first-order valence-corrected chi connectivity index (χ1v) is 6.60. The number of anilines is 1. The lowest BCUT2D eigenvalue weighted by Crippen LogP contribution is -1.84. The summed E-state index contributed by atoms with van der Waals surface area (Å²) in [6.45, 7) is 1.58. The van der Waals surface area contributed by atoms with Crippen LogP contribution < -0.4 is 5.73 Å². The largest absolute Gasteiger partial charge is 0.380 e. The van der Waals surface area contributed by atoms with Crippen LogP contribution in [0.25, 0.3) is 17.0 Å². The Bertz CT molecular complexity index is 590. The van der Waals surface area contributed by atoms with E-state index >= 15 is 0 Å². The Morgan fingerprint density at radius 3 is 3.17 bits per heavy atom. The van der Waals surface area contributed by atoms with Crippen LogP contribution in [0.2, 0.25) is 0 Å². The van der Waals surface area contributed by atoms with Gasteiger partial charge in [-0.25, -0.2) is 0 Å². The summed E-state index contributed by atoms with van der Waals surface area (Å²) in [6.07, 6.45) is 4.91. The van der Waals surface area contributed by atoms with E-state index in [4.69, 9.17) is 10.3 Å². The van der Waals surface area contributed by atoms with Gasteiger partial charge < -0.3 is 10.3 Å². The molecule has 0 spiro atoms. The summed E-state index contributed by atoms with van der Waals surface area (Å²) in [5.74, 6) is 1.22. The van der Waals surface area contributed by atoms with Crippen LogP contribution in [0, 0.1) is 0 Å². The summed E-state index contributed by atoms with van der Waals surface area (Å²) in [7, 11) is 0. The van der Waals surface area contributed by atoms with Gasteiger partial charge in [0.05, 0.1) is 5.39 Å². The number of carbonyl (C=O) groups excluding carboxylic acids is 1. The SMILES string of the molecule is CC(=O)SCCC=Cc1ccc2onc(N)c2c1. The smallest absolute Gasteiger partial charge is 0.185 e. The number of nitrogen functional groups attached to an aromatic ring is 1. The van der Waals surface area contributed by atoms with Crippen LogP contribution in [-0.4, -0.2) is 16.0 Å². The van der Waals surface area contributed by atoms with Gasteiger partial charge in [0.1, 0.15) is 0 Å². The van der Waals surface area contributed by atoms with Crippen molar-refractivity contribution in [3.63, 3.8) is 0 Å². The molecule has 0 saturated heterocycles. The van der Waals surface area contributed by atoms with Crippen molar-refractivity contribution in [2.24, 2.45) is 0 Å². The Labute approximate surface area is 109 Å². The van der Waals surface area contributed by atoms with E-state index in [0.717, 1.165) is 23.1 Å². The van der Waals surface area contributed by atoms with Crippen molar-refractivity contribution in [2.75, 3.05) is 11.5 Å². The molecule has 18 heavy (non-hydrogen) atoms. The Morgan fingerprint density at radius 2 is 2.39 bits per heavy atom. The number of rotatable bonds is 4. The zero-order valence-corrected chi connectivity index (χ0v) is 10.9. The first kappa shape index (κ1) is 12.7. The number of carbonyl (C=O) groups is 1. The number of benzene rings is 1. The van der Waals surface area contributed by atoms with Crippen LogP contribution in [0.5, 0.6) is 0 Å². The fraction of sp³-hybridized carbons (Fsp3) is 0.231. The third-order valence-corrected chi connectivity index (χ3v) is 3.27. The van der Waals surface area contributed by atoms with E-state index < -0.39 is 0 Å². The van der Waals surface area contributed by atoms with Gasteiger partial charge in [0.25, 0.3) is 0 Å². The molecular formula is C13H14N2O2S. The quantitative estimate of drug-likeness (QED) is 0.857. The second kappa shape index (κ2) is 5.73. The van der Waals surface area contributed by atoms with Gasteiger partial charge in [0.2, 0.25) is 0 Å². The molecule has 0 saturated carbocycles. The number of thioether (sulfide) groups is 1. The predicted octanol–water partition coefficient (Wildman–Crippen LogP) is 3.09. The van der Waals surface area contributed by atoms with Crippen LogP contribution in [0.15, 0.2) is 28.8 Å². The van der Waals surface area contributed by atoms with Gasteiger partial charge in [-0.15, -0.1) is 0 Å². The maximum absolute atomic E-state index is 10.7. The highest BCUT2D eigenvalue weighted by Crippen LogP contribution is 2.22. The molecule has 0 bridgehead atoms. The van der Waals surface area contributed by atoms with Gasteiger partial charge in [-0.3, -0.25) is 4.79 Å². The van der Waals surface area contributed by atoms with E-state index in [0.29, 0.717) is 11.4 Å². The number of nitrogens with two attached hydrogens (primary N) is 1. The summed E-state index contributed by atoms with van der Waals surface area (Å²) >= 11 is 1.34. The third kappa shape index (κ3) is 3.13. The zero-order chi connectivity index (χ0) is 13.0. The first-order chi connectivity index (χ1) is 8.66. The average Bonchev–Trinajstić information content (AvgIpc) is 2.70. The van der Waals surface area contributed by atoms with Crippen LogP contribution >= 0.6 is 11.8 Å². The van der Waals surface area contributed by atoms with Crippen molar-refractivity contribution in [2.45, 2.75) is 13.3 Å². The van der Waals surface area contributed by atoms with Gasteiger partial charge in [-0.2, -0.15) is 0 Å². The Balaban J connectivity index is 2.00. The summed E-state index contributed by atoms with van der Waals surface area (Å²) in [4.78, 5) is 10.7. The highest BCUT2D eigenvalue weighted by Gasteiger charge is 2.03. The molecule has 0 aliphatic carbocycles. The lowest BCUT2D eigenvalue weighted by atomic mass is 10.1. The van der Waals surface area contributed by atoms with Crippen LogP contribution in [-0.2, 0) is 4.79 Å². The van der Waals surface area contributed by atoms with E-state index in [-0.39, 0.29) is 5.12 Å².